The van der Waals surface area contributed by atoms with Gasteiger partial charge in [-0.3, -0.25) is 14.4 Å². The van der Waals surface area contributed by atoms with Gasteiger partial charge in [-0.1, -0.05) is 18.2 Å². The molecule has 0 atom stereocenters. The Balaban J connectivity index is 1.49. The summed E-state index contributed by atoms with van der Waals surface area (Å²) in [6.45, 7) is -0.368. The Labute approximate surface area is 154 Å². The highest BCUT2D eigenvalue weighted by atomic mass is 16.5. The fraction of sp³-hybridized carbons (Fsp3) is 0.200. The first-order valence-corrected chi connectivity index (χ1v) is 8.59. The largest absolute Gasteiger partial charge is 0.452 e. The Morgan fingerprint density at radius 1 is 1.00 bits per heavy atom. The van der Waals surface area contributed by atoms with Crippen molar-refractivity contribution in [2.45, 2.75) is 18.9 Å². The fourth-order valence-electron chi connectivity index (χ4n) is 2.91. The van der Waals surface area contributed by atoms with Crippen LogP contribution in [0.4, 0.5) is 5.69 Å². The molecule has 2 aromatic carbocycles. The SMILES string of the molecule is O=C(COC(=O)c1cccc(N2C(=O)c3ccccc3C2=O)c1)NC1CC1. The molecule has 0 spiro atoms. The Morgan fingerprint density at radius 3 is 2.30 bits per heavy atom. The van der Waals surface area contributed by atoms with Crippen LogP contribution in [0.15, 0.2) is 48.5 Å². The Hall–Kier alpha value is -3.48. The van der Waals surface area contributed by atoms with Gasteiger partial charge in [0.05, 0.1) is 22.4 Å². The third-order valence-electron chi connectivity index (χ3n) is 4.41. The van der Waals surface area contributed by atoms with Crippen molar-refractivity contribution < 1.29 is 23.9 Å². The average Bonchev–Trinajstić information content (AvgIpc) is 3.46. The molecule has 1 aliphatic heterocycles. The molecule has 7 heteroatoms. The first kappa shape index (κ1) is 17.0. The van der Waals surface area contributed by atoms with E-state index in [9.17, 15) is 19.2 Å². The number of nitrogens with zero attached hydrogens (tertiary/aromatic N) is 1. The maximum absolute atomic E-state index is 12.5. The molecule has 0 bridgehead atoms. The van der Waals surface area contributed by atoms with Gasteiger partial charge in [0.1, 0.15) is 0 Å². The van der Waals surface area contributed by atoms with E-state index in [0.29, 0.717) is 11.1 Å². The number of amides is 3. The number of hydrogen-bond donors (Lipinski definition) is 1. The summed E-state index contributed by atoms with van der Waals surface area (Å²) in [6.07, 6.45) is 1.89. The molecule has 0 unspecified atom stereocenters. The van der Waals surface area contributed by atoms with Gasteiger partial charge in [0.2, 0.25) is 0 Å². The predicted octanol–water partition coefficient (Wildman–Crippen LogP) is 1.92. The van der Waals surface area contributed by atoms with Crippen LogP contribution in [0.25, 0.3) is 0 Å². The molecule has 1 saturated carbocycles. The van der Waals surface area contributed by atoms with E-state index in [4.69, 9.17) is 4.74 Å². The number of hydrogen-bond acceptors (Lipinski definition) is 5. The van der Waals surface area contributed by atoms with Gasteiger partial charge in [0.15, 0.2) is 6.61 Å². The van der Waals surface area contributed by atoms with E-state index in [1.807, 2.05) is 0 Å². The summed E-state index contributed by atoms with van der Waals surface area (Å²) in [5.41, 5.74) is 1.08. The van der Waals surface area contributed by atoms with Gasteiger partial charge in [-0.25, -0.2) is 9.69 Å². The summed E-state index contributed by atoms with van der Waals surface area (Å²) >= 11 is 0. The number of anilines is 1. The van der Waals surface area contributed by atoms with E-state index in [1.165, 1.54) is 12.1 Å². The van der Waals surface area contributed by atoms with Gasteiger partial charge >= 0.3 is 5.97 Å². The summed E-state index contributed by atoms with van der Waals surface area (Å²) in [7, 11) is 0. The van der Waals surface area contributed by atoms with Crippen LogP contribution in [0.3, 0.4) is 0 Å². The summed E-state index contributed by atoms with van der Waals surface area (Å²) in [5, 5.41) is 2.72. The molecule has 3 amide bonds. The van der Waals surface area contributed by atoms with Crippen molar-refractivity contribution in [1.82, 2.24) is 5.32 Å². The van der Waals surface area contributed by atoms with Crippen LogP contribution in [0.2, 0.25) is 0 Å². The Bertz CT molecular complexity index is 929. The van der Waals surface area contributed by atoms with E-state index >= 15 is 0 Å². The topological polar surface area (TPSA) is 92.8 Å². The smallest absolute Gasteiger partial charge is 0.338 e. The molecule has 1 aliphatic carbocycles. The third-order valence-corrected chi connectivity index (χ3v) is 4.41. The molecule has 1 fully saturated rings. The van der Waals surface area contributed by atoms with Crippen molar-refractivity contribution in [1.29, 1.82) is 0 Å². The minimum atomic E-state index is -0.695. The first-order chi connectivity index (χ1) is 13.0. The van der Waals surface area contributed by atoms with E-state index < -0.39 is 17.8 Å². The van der Waals surface area contributed by atoms with Crippen molar-refractivity contribution in [2.75, 3.05) is 11.5 Å². The lowest BCUT2D eigenvalue weighted by Gasteiger charge is -2.14. The minimum Gasteiger partial charge on any atom is -0.452 e. The van der Waals surface area contributed by atoms with Crippen molar-refractivity contribution in [3.05, 3.63) is 65.2 Å². The van der Waals surface area contributed by atoms with E-state index in [-0.39, 0.29) is 29.8 Å². The monoisotopic (exact) mass is 364 g/mol. The predicted molar refractivity (Wildman–Crippen MR) is 95.5 cm³/mol. The third kappa shape index (κ3) is 3.31. The molecule has 0 radical (unpaired) electrons. The quantitative estimate of drug-likeness (QED) is 0.646. The zero-order chi connectivity index (χ0) is 19.0. The molecule has 2 aromatic rings. The van der Waals surface area contributed by atoms with Crippen molar-refractivity contribution in [3.8, 4) is 0 Å². The summed E-state index contributed by atoms with van der Waals surface area (Å²) in [4.78, 5) is 50.0. The highest BCUT2D eigenvalue weighted by Crippen LogP contribution is 2.28. The molecule has 7 nitrogen and oxygen atoms in total. The maximum atomic E-state index is 12.5. The van der Waals surface area contributed by atoms with Gasteiger partial charge in [0.25, 0.3) is 17.7 Å². The lowest BCUT2D eigenvalue weighted by Crippen LogP contribution is -2.31. The fourth-order valence-corrected chi connectivity index (χ4v) is 2.91. The molecule has 4 rings (SSSR count). The standard InChI is InChI=1S/C20H16N2O5/c23-17(21-13-8-9-13)11-27-20(26)12-4-3-5-14(10-12)22-18(24)15-6-1-2-7-16(15)19(22)25/h1-7,10,13H,8-9,11H2,(H,21,23). The molecular weight excluding hydrogens is 348 g/mol. The number of esters is 1. The summed E-state index contributed by atoms with van der Waals surface area (Å²) in [6, 6.07) is 12.8. The molecule has 1 heterocycles. The summed E-state index contributed by atoms with van der Waals surface area (Å²) < 4.78 is 5.01. The molecule has 1 N–H and O–H groups in total. The number of rotatable bonds is 5. The molecule has 27 heavy (non-hydrogen) atoms. The average molecular weight is 364 g/mol. The first-order valence-electron chi connectivity index (χ1n) is 8.59. The van der Waals surface area contributed by atoms with E-state index in [0.717, 1.165) is 17.7 Å². The van der Waals surface area contributed by atoms with Crippen molar-refractivity contribution in [2.24, 2.45) is 0 Å². The minimum absolute atomic E-state index is 0.156. The second kappa shape index (κ2) is 6.68. The molecule has 2 aliphatic rings. The van der Waals surface area contributed by atoms with Gasteiger partial charge in [-0.15, -0.1) is 0 Å². The van der Waals surface area contributed by atoms with Crippen LogP contribution >= 0.6 is 0 Å². The number of carbonyl (C=O) groups is 4. The van der Waals surface area contributed by atoms with Gasteiger partial charge in [0, 0.05) is 6.04 Å². The number of benzene rings is 2. The highest BCUT2D eigenvalue weighted by Gasteiger charge is 2.36. The maximum Gasteiger partial charge on any atom is 0.338 e. The molecule has 0 aromatic heterocycles. The van der Waals surface area contributed by atoms with Gasteiger partial charge in [-0.05, 0) is 43.2 Å². The number of carbonyl (C=O) groups excluding carboxylic acids is 4. The molecule has 0 saturated heterocycles. The van der Waals surface area contributed by atoms with Crippen molar-refractivity contribution >= 4 is 29.4 Å². The normalized spacial score (nSPS) is 15.5. The van der Waals surface area contributed by atoms with Crippen LogP contribution in [0.5, 0.6) is 0 Å². The molecule has 136 valence electrons. The lowest BCUT2D eigenvalue weighted by molar-refractivity contribution is -0.124. The van der Waals surface area contributed by atoms with Crippen LogP contribution in [-0.2, 0) is 9.53 Å². The Kier molecular flexibility index (Phi) is 4.19. The second-order valence-corrected chi connectivity index (χ2v) is 6.46. The summed E-state index contributed by atoms with van der Waals surface area (Å²) in [5.74, 6) is -1.92. The van der Waals surface area contributed by atoms with Crippen LogP contribution in [-0.4, -0.2) is 36.3 Å². The van der Waals surface area contributed by atoms with Crippen molar-refractivity contribution in [3.63, 3.8) is 0 Å². The number of fused-ring (bicyclic) bond motifs is 1. The van der Waals surface area contributed by atoms with Gasteiger partial charge < -0.3 is 10.1 Å². The van der Waals surface area contributed by atoms with Crippen LogP contribution in [0, 0.1) is 0 Å². The highest BCUT2D eigenvalue weighted by molar-refractivity contribution is 6.34. The zero-order valence-electron chi connectivity index (χ0n) is 14.3. The van der Waals surface area contributed by atoms with Crippen LogP contribution < -0.4 is 10.2 Å². The zero-order valence-corrected chi connectivity index (χ0v) is 14.3. The van der Waals surface area contributed by atoms with E-state index in [2.05, 4.69) is 5.32 Å². The van der Waals surface area contributed by atoms with E-state index in [1.54, 1.807) is 36.4 Å². The van der Waals surface area contributed by atoms with Gasteiger partial charge in [-0.2, -0.15) is 0 Å². The Morgan fingerprint density at radius 2 is 1.67 bits per heavy atom. The number of nitrogens with one attached hydrogen (secondary N) is 1. The lowest BCUT2D eigenvalue weighted by atomic mass is 10.1. The van der Waals surface area contributed by atoms with Crippen LogP contribution in [0.1, 0.15) is 43.9 Å². The number of ether oxygens (including phenoxy) is 1. The second-order valence-electron chi connectivity index (χ2n) is 6.46. The molecular formula is C20H16N2O5. The number of imide groups is 1.